The Labute approximate surface area is 105 Å². The van der Waals surface area contributed by atoms with Crippen LogP contribution in [0, 0.1) is 12.9 Å². The summed E-state index contributed by atoms with van der Waals surface area (Å²) in [5.41, 5.74) is 2.51. The second kappa shape index (κ2) is 5.04. The first-order valence-corrected chi connectivity index (χ1v) is 5.74. The fourth-order valence-electron chi connectivity index (χ4n) is 1.81. The maximum absolute atomic E-state index is 12.7. The Kier molecular flexibility index (Phi) is 3.46. The summed E-state index contributed by atoms with van der Waals surface area (Å²) in [7, 11) is 0. The molecule has 3 nitrogen and oxygen atoms in total. The predicted molar refractivity (Wildman–Crippen MR) is 69.1 cm³/mol. The van der Waals surface area contributed by atoms with Gasteiger partial charge in [0, 0.05) is 5.56 Å². The minimum Gasteiger partial charge on any atom is -0.508 e. The molecule has 4 heteroatoms. The lowest BCUT2D eigenvalue weighted by Gasteiger charge is -2.17. The quantitative estimate of drug-likeness (QED) is 0.816. The molecule has 1 unspecified atom stereocenters. The van der Waals surface area contributed by atoms with Crippen LogP contribution in [0.4, 0.5) is 10.1 Å². The Balaban J connectivity index is 2.16. The number of benzene rings is 1. The highest BCUT2D eigenvalue weighted by Gasteiger charge is 2.10. The van der Waals surface area contributed by atoms with Crippen LogP contribution in [-0.2, 0) is 0 Å². The third-order valence-electron chi connectivity index (χ3n) is 2.76. The molecular formula is C14H15FN2O. The molecule has 0 spiro atoms. The van der Waals surface area contributed by atoms with Crippen molar-refractivity contribution < 1.29 is 9.50 Å². The summed E-state index contributed by atoms with van der Waals surface area (Å²) in [6, 6.07) is 8.36. The maximum atomic E-state index is 12.7. The van der Waals surface area contributed by atoms with E-state index in [0.717, 1.165) is 11.1 Å². The molecule has 2 rings (SSSR count). The minimum absolute atomic E-state index is 0.0853. The van der Waals surface area contributed by atoms with Crippen LogP contribution in [0.15, 0.2) is 36.5 Å². The highest BCUT2D eigenvalue weighted by atomic mass is 19.1. The third kappa shape index (κ3) is 2.77. The zero-order valence-electron chi connectivity index (χ0n) is 10.3. The lowest BCUT2D eigenvalue weighted by Crippen LogP contribution is -2.07. The molecule has 0 aliphatic rings. The lowest BCUT2D eigenvalue weighted by atomic mass is 10.0. The summed E-state index contributed by atoms with van der Waals surface area (Å²) in [6.45, 7) is 3.85. The molecule has 94 valence electrons. The van der Waals surface area contributed by atoms with Gasteiger partial charge < -0.3 is 10.4 Å². The first-order valence-electron chi connectivity index (χ1n) is 5.74. The molecule has 0 aliphatic heterocycles. The summed E-state index contributed by atoms with van der Waals surface area (Å²) < 4.78 is 12.7. The van der Waals surface area contributed by atoms with Gasteiger partial charge in [0.25, 0.3) is 0 Å². The van der Waals surface area contributed by atoms with Crippen molar-refractivity contribution in [1.29, 1.82) is 0 Å². The molecule has 0 fully saturated rings. The number of rotatable bonds is 3. The van der Waals surface area contributed by atoms with E-state index in [9.17, 15) is 9.50 Å². The van der Waals surface area contributed by atoms with Crippen molar-refractivity contribution in [2.24, 2.45) is 0 Å². The first-order chi connectivity index (χ1) is 8.56. The number of nitrogens with one attached hydrogen (secondary N) is 1. The summed E-state index contributed by atoms with van der Waals surface area (Å²) in [5.74, 6) is -0.253. The van der Waals surface area contributed by atoms with Gasteiger partial charge in [-0.1, -0.05) is 12.1 Å². The summed E-state index contributed by atoms with van der Waals surface area (Å²) >= 11 is 0. The average molecular weight is 246 g/mol. The van der Waals surface area contributed by atoms with E-state index in [4.69, 9.17) is 0 Å². The van der Waals surface area contributed by atoms with Gasteiger partial charge in [0.05, 0.1) is 17.9 Å². The number of aromatic nitrogens is 1. The van der Waals surface area contributed by atoms with E-state index in [1.807, 2.05) is 26.0 Å². The standard InChI is InChI=1S/C14H15FN2O/c1-9-3-5-12(13(18)7-9)10(2)17-11-4-6-14(15)16-8-11/h3-8,10,17-18H,1-2H3. The highest BCUT2D eigenvalue weighted by molar-refractivity contribution is 5.46. The number of halogens is 1. The van der Waals surface area contributed by atoms with Gasteiger partial charge in [-0.15, -0.1) is 0 Å². The molecule has 1 aromatic carbocycles. The SMILES string of the molecule is Cc1ccc(C(C)Nc2ccc(F)nc2)c(O)c1. The van der Waals surface area contributed by atoms with Crippen LogP contribution in [0.2, 0.25) is 0 Å². The average Bonchev–Trinajstić information content (AvgIpc) is 2.32. The number of pyridine rings is 1. The smallest absolute Gasteiger partial charge is 0.212 e. The van der Waals surface area contributed by atoms with E-state index >= 15 is 0 Å². The van der Waals surface area contributed by atoms with Crippen molar-refractivity contribution >= 4 is 5.69 Å². The van der Waals surface area contributed by atoms with E-state index in [2.05, 4.69) is 10.3 Å². The van der Waals surface area contributed by atoms with Gasteiger partial charge >= 0.3 is 0 Å². The van der Waals surface area contributed by atoms with Crippen LogP contribution in [0.1, 0.15) is 24.1 Å². The number of phenolic OH excluding ortho intramolecular Hbond substituents is 1. The second-order valence-corrected chi connectivity index (χ2v) is 4.30. The van der Waals surface area contributed by atoms with Gasteiger partial charge in [0.1, 0.15) is 5.75 Å². The molecule has 0 amide bonds. The Hall–Kier alpha value is -2.10. The van der Waals surface area contributed by atoms with Gasteiger partial charge in [0.15, 0.2) is 0 Å². The summed E-state index contributed by atoms with van der Waals surface area (Å²) in [4.78, 5) is 3.57. The van der Waals surface area contributed by atoms with E-state index < -0.39 is 5.95 Å². The lowest BCUT2D eigenvalue weighted by molar-refractivity contribution is 0.465. The van der Waals surface area contributed by atoms with E-state index in [1.165, 1.54) is 12.3 Å². The van der Waals surface area contributed by atoms with Gasteiger partial charge in [-0.25, -0.2) is 4.98 Å². The van der Waals surface area contributed by atoms with Gasteiger partial charge in [-0.05, 0) is 37.6 Å². The van der Waals surface area contributed by atoms with Crippen molar-refractivity contribution in [3.63, 3.8) is 0 Å². The van der Waals surface area contributed by atoms with Crippen molar-refractivity contribution in [3.8, 4) is 5.75 Å². The largest absolute Gasteiger partial charge is 0.508 e. The Morgan fingerprint density at radius 2 is 2.06 bits per heavy atom. The topological polar surface area (TPSA) is 45.2 Å². The Bertz CT molecular complexity index is 540. The molecule has 0 saturated carbocycles. The van der Waals surface area contributed by atoms with Crippen LogP contribution in [0.5, 0.6) is 5.75 Å². The van der Waals surface area contributed by atoms with Gasteiger partial charge in [0.2, 0.25) is 5.95 Å². The molecule has 2 N–H and O–H groups in total. The van der Waals surface area contributed by atoms with Crippen molar-refractivity contribution in [3.05, 3.63) is 53.6 Å². The number of aryl methyl sites for hydroxylation is 1. The molecule has 1 heterocycles. The monoisotopic (exact) mass is 246 g/mol. The third-order valence-corrected chi connectivity index (χ3v) is 2.76. The zero-order valence-corrected chi connectivity index (χ0v) is 10.3. The van der Waals surface area contributed by atoms with Crippen LogP contribution in [-0.4, -0.2) is 10.1 Å². The van der Waals surface area contributed by atoms with Crippen LogP contribution in [0.25, 0.3) is 0 Å². The number of phenols is 1. The molecule has 0 saturated heterocycles. The summed E-state index contributed by atoms with van der Waals surface area (Å²) in [5, 5.41) is 13.0. The molecule has 0 radical (unpaired) electrons. The van der Waals surface area contributed by atoms with Crippen molar-refractivity contribution in [2.45, 2.75) is 19.9 Å². The Morgan fingerprint density at radius 1 is 1.28 bits per heavy atom. The minimum atomic E-state index is -0.508. The number of hydrogen-bond acceptors (Lipinski definition) is 3. The fourth-order valence-corrected chi connectivity index (χ4v) is 1.81. The molecule has 1 atom stereocenters. The zero-order chi connectivity index (χ0) is 13.1. The van der Waals surface area contributed by atoms with Crippen molar-refractivity contribution in [1.82, 2.24) is 4.98 Å². The highest BCUT2D eigenvalue weighted by Crippen LogP contribution is 2.27. The van der Waals surface area contributed by atoms with Crippen molar-refractivity contribution in [2.75, 3.05) is 5.32 Å². The Morgan fingerprint density at radius 3 is 2.67 bits per heavy atom. The molecule has 18 heavy (non-hydrogen) atoms. The van der Waals surface area contributed by atoms with Gasteiger partial charge in [-0.2, -0.15) is 4.39 Å². The number of nitrogens with zero attached hydrogens (tertiary/aromatic N) is 1. The van der Waals surface area contributed by atoms with Gasteiger partial charge in [-0.3, -0.25) is 0 Å². The maximum Gasteiger partial charge on any atom is 0.212 e. The fraction of sp³-hybridized carbons (Fsp3) is 0.214. The van der Waals surface area contributed by atoms with E-state index in [1.54, 1.807) is 12.1 Å². The molecule has 0 bridgehead atoms. The normalized spacial score (nSPS) is 12.2. The van der Waals surface area contributed by atoms with Crippen LogP contribution in [0.3, 0.4) is 0 Å². The number of hydrogen-bond donors (Lipinski definition) is 2. The number of aromatic hydroxyl groups is 1. The predicted octanol–water partition coefficient (Wildman–Crippen LogP) is 3.41. The first kappa shape index (κ1) is 12.4. The molecular weight excluding hydrogens is 231 g/mol. The summed E-state index contributed by atoms with van der Waals surface area (Å²) in [6.07, 6.45) is 1.43. The molecule has 1 aromatic heterocycles. The van der Waals surface area contributed by atoms with Crippen LogP contribution < -0.4 is 5.32 Å². The molecule has 0 aliphatic carbocycles. The van der Waals surface area contributed by atoms with E-state index in [0.29, 0.717) is 5.69 Å². The second-order valence-electron chi connectivity index (χ2n) is 4.30. The number of anilines is 1. The van der Waals surface area contributed by atoms with E-state index in [-0.39, 0.29) is 11.8 Å². The van der Waals surface area contributed by atoms with Crippen LogP contribution >= 0.6 is 0 Å². The molecule has 2 aromatic rings.